The minimum absolute atomic E-state index is 0.108. The summed E-state index contributed by atoms with van der Waals surface area (Å²) in [6, 6.07) is 1.19. The number of anilines is 1. The first-order chi connectivity index (χ1) is 12.4. The Balaban J connectivity index is 2.02. The van der Waals surface area contributed by atoms with Gasteiger partial charge in [-0.05, 0) is 26.0 Å². The van der Waals surface area contributed by atoms with Gasteiger partial charge in [0.05, 0.1) is 16.6 Å². The number of hydrogen-bond acceptors (Lipinski definition) is 4. The summed E-state index contributed by atoms with van der Waals surface area (Å²) in [5.41, 5.74) is 1.59. The average molecular weight is 357 g/mol. The van der Waals surface area contributed by atoms with E-state index in [9.17, 15) is 14.7 Å². The molecule has 1 fully saturated rings. The van der Waals surface area contributed by atoms with Crippen molar-refractivity contribution in [3.05, 3.63) is 46.0 Å². The van der Waals surface area contributed by atoms with Crippen LogP contribution in [0.5, 0.6) is 0 Å². The molecule has 2 aliphatic heterocycles. The number of likely N-dealkylation sites (N-methyl/N-ethyl adjacent to an activating group) is 1. The number of benzene rings is 1. The molecule has 3 heterocycles. The zero-order valence-corrected chi connectivity index (χ0v) is 14.6. The Morgan fingerprint density at radius 3 is 2.58 bits per heavy atom. The van der Waals surface area contributed by atoms with E-state index in [0.29, 0.717) is 42.8 Å². The third-order valence-electron chi connectivity index (χ3n) is 5.37. The lowest BCUT2D eigenvalue weighted by atomic mass is 9.95. The van der Waals surface area contributed by atoms with Crippen LogP contribution in [-0.2, 0) is 6.42 Å². The van der Waals surface area contributed by atoms with Crippen molar-refractivity contribution in [2.75, 3.05) is 38.1 Å². The molecule has 0 radical (unpaired) electrons. The standard InChI is InChI=1S/C19H20FN3O3/c1-11-3-4-12-16-13(18(24)14(19(25)26)10-23(11)16)9-15(20)17(12)22-7-5-21(2)6-8-22/h9-10H,1,3-8H2,2H3,(H,25,26). The number of piperazine rings is 1. The molecular weight excluding hydrogens is 337 g/mol. The number of hydrogen-bond donors (Lipinski definition) is 1. The summed E-state index contributed by atoms with van der Waals surface area (Å²) in [5.74, 6) is -1.78. The smallest absolute Gasteiger partial charge is 0.341 e. The Kier molecular flexibility index (Phi) is 3.84. The Hall–Kier alpha value is -2.67. The Bertz CT molecular complexity index is 1000. The molecule has 136 valence electrons. The molecule has 0 atom stereocenters. The van der Waals surface area contributed by atoms with Crippen molar-refractivity contribution in [1.82, 2.24) is 9.47 Å². The van der Waals surface area contributed by atoms with E-state index in [0.717, 1.165) is 18.7 Å². The summed E-state index contributed by atoms with van der Waals surface area (Å²) < 4.78 is 16.7. The third kappa shape index (κ3) is 2.42. The van der Waals surface area contributed by atoms with Crippen LogP contribution < -0.4 is 10.3 Å². The third-order valence-corrected chi connectivity index (χ3v) is 5.37. The van der Waals surface area contributed by atoms with Gasteiger partial charge in [0.25, 0.3) is 0 Å². The highest BCUT2D eigenvalue weighted by Crippen LogP contribution is 2.37. The highest BCUT2D eigenvalue weighted by molar-refractivity contribution is 5.97. The van der Waals surface area contributed by atoms with Crippen LogP contribution in [0.25, 0.3) is 16.6 Å². The van der Waals surface area contributed by atoms with Crippen molar-refractivity contribution in [3.63, 3.8) is 0 Å². The van der Waals surface area contributed by atoms with Crippen molar-refractivity contribution in [3.8, 4) is 0 Å². The van der Waals surface area contributed by atoms with Crippen molar-refractivity contribution in [2.24, 2.45) is 0 Å². The quantitative estimate of drug-likeness (QED) is 0.891. The molecule has 0 aliphatic carbocycles. The largest absolute Gasteiger partial charge is 0.477 e. The van der Waals surface area contributed by atoms with Gasteiger partial charge in [0.15, 0.2) is 0 Å². The summed E-state index contributed by atoms with van der Waals surface area (Å²) in [4.78, 5) is 28.2. The molecule has 2 aliphatic rings. The van der Waals surface area contributed by atoms with Crippen LogP contribution >= 0.6 is 0 Å². The molecule has 0 amide bonds. The zero-order chi connectivity index (χ0) is 18.6. The second-order valence-corrected chi connectivity index (χ2v) is 6.99. The number of nitrogens with zero attached hydrogens (tertiary/aromatic N) is 3. The van der Waals surface area contributed by atoms with Gasteiger partial charge in [-0.3, -0.25) is 4.79 Å². The number of aromatic carboxylic acids is 1. The summed E-state index contributed by atoms with van der Waals surface area (Å²) in [6.45, 7) is 7.11. The summed E-state index contributed by atoms with van der Waals surface area (Å²) in [6.07, 6.45) is 2.50. The second-order valence-electron chi connectivity index (χ2n) is 6.99. The normalized spacial score (nSPS) is 17.8. The molecule has 1 aromatic heterocycles. The van der Waals surface area contributed by atoms with Crippen LogP contribution in [0.4, 0.5) is 10.1 Å². The fraction of sp³-hybridized carbons (Fsp3) is 0.368. The maximum absolute atomic E-state index is 15.0. The molecule has 0 unspecified atom stereocenters. The van der Waals surface area contributed by atoms with Gasteiger partial charge in [0.1, 0.15) is 11.4 Å². The lowest BCUT2D eigenvalue weighted by Crippen LogP contribution is -2.45. The summed E-state index contributed by atoms with van der Waals surface area (Å²) in [5, 5.41) is 9.43. The number of aryl methyl sites for hydroxylation is 1. The van der Waals surface area contributed by atoms with Crippen LogP contribution in [0, 0.1) is 5.82 Å². The van der Waals surface area contributed by atoms with E-state index in [1.807, 2.05) is 11.9 Å². The van der Waals surface area contributed by atoms with Gasteiger partial charge in [-0.2, -0.15) is 0 Å². The average Bonchev–Trinajstić information content (AvgIpc) is 2.60. The van der Waals surface area contributed by atoms with Gasteiger partial charge in [-0.15, -0.1) is 0 Å². The fourth-order valence-corrected chi connectivity index (χ4v) is 3.93. The number of aromatic nitrogens is 1. The van der Waals surface area contributed by atoms with Crippen LogP contribution in [0.1, 0.15) is 22.3 Å². The first-order valence-corrected chi connectivity index (χ1v) is 8.64. The maximum Gasteiger partial charge on any atom is 0.341 e. The summed E-state index contributed by atoms with van der Waals surface area (Å²) >= 11 is 0. The van der Waals surface area contributed by atoms with Crippen molar-refractivity contribution >= 4 is 28.3 Å². The minimum Gasteiger partial charge on any atom is -0.477 e. The lowest BCUT2D eigenvalue weighted by Gasteiger charge is -2.36. The van der Waals surface area contributed by atoms with E-state index in [2.05, 4.69) is 11.5 Å². The molecule has 0 spiro atoms. The monoisotopic (exact) mass is 357 g/mol. The number of allylic oxidation sites excluding steroid dienone is 1. The molecule has 1 saturated heterocycles. The van der Waals surface area contributed by atoms with E-state index < -0.39 is 17.2 Å². The SMILES string of the molecule is C=C1CCc2c(N3CCN(C)CC3)c(F)cc3c(=O)c(C(=O)O)cn1c23. The molecule has 0 saturated carbocycles. The van der Waals surface area contributed by atoms with Gasteiger partial charge in [0.2, 0.25) is 5.43 Å². The first kappa shape index (κ1) is 16.8. The number of carboxylic acids is 1. The Morgan fingerprint density at radius 2 is 1.92 bits per heavy atom. The predicted octanol–water partition coefficient (Wildman–Crippen LogP) is 2.01. The van der Waals surface area contributed by atoms with Gasteiger partial charge < -0.3 is 19.5 Å². The molecule has 7 heteroatoms. The van der Waals surface area contributed by atoms with Crippen molar-refractivity contribution < 1.29 is 14.3 Å². The van der Waals surface area contributed by atoms with E-state index in [4.69, 9.17) is 0 Å². The molecular formula is C19H20FN3O3. The van der Waals surface area contributed by atoms with Crippen LogP contribution in [-0.4, -0.2) is 53.8 Å². The molecule has 1 aromatic carbocycles. The number of carbonyl (C=O) groups is 1. The molecule has 1 N–H and O–H groups in total. The fourth-order valence-electron chi connectivity index (χ4n) is 3.93. The number of carboxylic acid groups (broad SMARTS) is 1. The summed E-state index contributed by atoms with van der Waals surface area (Å²) in [7, 11) is 2.03. The highest BCUT2D eigenvalue weighted by atomic mass is 19.1. The van der Waals surface area contributed by atoms with Crippen LogP contribution in [0.15, 0.2) is 23.6 Å². The lowest BCUT2D eigenvalue weighted by molar-refractivity contribution is 0.0695. The number of halogens is 1. The van der Waals surface area contributed by atoms with Gasteiger partial charge in [-0.25, -0.2) is 9.18 Å². The van der Waals surface area contributed by atoms with E-state index in [-0.39, 0.29) is 10.9 Å². The Labute approximate surface area is 149 Å². The van der Waals surface area contributed by atoms with Gasteiger partial charge in [-0.1, -0.05) is 6.58 Å². The highest BCUT2D eigenvalue weighted by Gasteiger charge is 2.28. The maximum atomic E-state index is 15.0. The van der Waals surface area contributed by atoms with E-state index >= 15 is 4.39 Å². The van der Waals surface area contributed by atoms with E-state index in [1.165, 1.54) is 12.3 Å². The molecule has 4 rings (SSSR count). The predicted molar refractivity (Wildman–Crippen MR) is 98.5 cm³/mol. The Morgan fingerprint density at radius 1 is 1.23 bits per heavy atom. The van der Waals surface area contributed by atoms with Gasteiger partial charge >= 0.3 is 5.97 Å². The molecule has 6 nitrogen and oxygen atoms in total. The zero-order valence-electron chi connectivity index (χ0n) is 14.6. The number of pyridine rings is 1. The van der Waals surface area contributed by atoms with Crippen LogP contribution in [0.3, 0.4) is 0 Å². The van der Waals surface area contributed by atoms with Crippen molar-refractivity contribution in [1.29, 1.82) is 0 Å². The first-order valence-electron chi connectivity index (χ1n) is 8.64. The van der Waals surface area contributed by atoms with Gasteiger partial charge in [0, 0.05) is 43.6 Å². The van der Waals surface area contributed by atoms with Crippen molar-refractivity contribution in [2.45, 2.75) is 12.8 Å². The molecule has 0 bridgehead atoms. The second kappa shape index (κ2) is 5.95. The van der Waals surface area contributed by atoms with E-state index in [1.54, 1.807) is 4.57 Å². The number of rotatable bonds is 2. The topological polar surface area (TPSA) is 65.8 Å². The minimum atomic E-state index is -1.32. The molecule has 26 heavy (non-hydrogen) atoms. The van der Waals surface area contributed by atoms with Crippen LogP contribution in [0.2, 0.25) is 0 Å². The molecule has 2 aromatic rings.